The molecule has 22 heavy (non-hydrogen) atoms. The normalized spacial score (nSPS) is 14.5. The van der Waals surface area contributed by atoms with Crippen molar-refractivity contribution in [3.8, 4) is 11.1 Å². The van der Waals surface area contributed by atoms with E-state index in [-0.39, 0.29) is 30.2 Å². The predicted molar refractivity (Wildman–Crippen MR) is 80.6 cm³/mol. The molecule has 0 bridgehead atoms. The molecule has 0 atom stereocenters. The zero-order chi connectivity index (χ0) is 15.7. The molecule has 0 saturated carbocycles. The first-order valence-corrected chi connectivity index (χ1v) is 6.86. The van der Waals surface area contributed by atoms with E-state index >= 15 is 0 Å². The maximum atomic E-state index is 12.0. The van der Waals surface area contributed by atoms with Crippen LogP contribution in [0.1, 0.15) is 23.2 Å². The largest absolute Gasteiger partial charge is 0.478 e. The van der Waals surface area contributed by atoms with Crippen molar-refractivity contribution in [3.63, 3.8) is 0 Å². The predicted octanol–water partition coefficient (Wildman–Crippen LogP) is 2.71. The Morgan fingerprint density at radius 1 is 0.955 bits per heavy atom. The molecule has 3 rings (SSSR count). The lowest BCUT2D eigenvalue weighted by atomic mass is 10.0. The van der Waals surface area contributed by atoms with Crippen molar-refractivity contribution in [2.24, 2.45) is 0 Å². The van der Waals surface area contributed by atoms with Crippen molar-refractivity contribution < 1.29 is 19.5 Å². The number of rotatable bonds is 3. The molecule has 1 aliphatic rings. The van der Waals surface area contributed by atoms with Crippen molar-refractivity contribution in [1.29, 1.82) is 0 Å². The molecule has 1 aliphatic heterocycles. The average Bonchev–Trinajstić information content (AvgIpc) is 2.86. The van der Waals surface area contributed by atoms with Gasteiger partial charge >= 0.3 is 5.97 Å². The van der Waals surface area contributed by atoms with E-state index < -0.39 is 5.97 Å². The third-order valence-corrected chi connectivity index (χ3v) is 3.62. The minimum Gasteiger partial charge on any atom is -0.478 e. The van der Waals surface area contributed by atoms with Gasteiger partial charge in [-0.1, -0.05) is 36.4 Å². The van der Waals surface area contributed by atoms with Crippen LogP contribution < -0.4 is 4.90 Å². The summed E-state index contributed by atoms with van der Waals surface area (Å²) in [5, 5.41) is 9.16. The first kappa shape index (κ1) is 14.0. The molecule has 5 heteroatoms. The lowest BCUT2D eigenvalue weighted by molar-refractivity contribution is -0.121. The molecular weight excluding hydrogens is 282 g/mol. The van der Waals surface area contributed by atoms with Crippen LogP contribution in [0.15, 0.2) is 48.5 Å². The highest BCUT2D eigenvalue weighted by atomic mass is 16.4. The Kier molecular flexibility index (Phi) is 3.47. The Labute approximate surface area is 126 Å². The van der Waals surface area contributed by atoms with Gasteiger partial charge in [0.2, 0.25) is 11.8 Å². The van der Waals surface area contributed by atoms with Crippen LogP contribution in [0.4, 0.5) is 5.69 Å². The molecule has 2 aromatic carbocycles. The van der Waals surface area contributed by atoms with Gasteiger partial charge in [0, 0.05) is 18.4 Å². The van der Waals surface area contributed by atoms with E-state index in [2.05, 4.69) is 0 Å². The number of nitrogens with zero attached hydrogens (tertiary/aromatic N) is 1. The van der Waals surface area contributed by atoms with E-state index in [1.165, 1.54) is 12.1 Å². The molecule has 0 unspecified atom stereocenters. The molecule has 0 aromatic heterocycles. The van der Waals surface area contributed by atoms with Crippen molar-refractivity contribution >= 4 is 23.5 Å². The number of imide groups is 1. The highest BCUT2D eigenvalue weighted by Crippen LogP contribution is 2.34. The number of carbonyl (C=O) groups is 3. The Hall–Kier alpha value is -2.95. The number of carboxylic acids is 1. The summed E-state index contributed by atoms with van der Waals surface area (Å²) in [6.45, 7) is 0. The van der Waals surface area contributed by atoms with Crippen LogP contribution in [0.25, 0.3) is 11.1 Å². The third kappa shape index (κ3) is 2.37. The number of carbonyl (C=O) groups excluding carboxylic acids is 2. The minimum atomic E-state index is -1.10. The second kappa shape index (κ2) is 5.44. The number of anilines is 1. The molecule has 5 nitrogen and oxygen atoms in total. The Morgan fingerprint density at radius 2 is 1.59 bits per heavy atom. The zero-order valence-electron chi connectivity index (χ0n) is 11.7. The minimum absolute atomic E-state index is 0.0437. The van der Waals surface area contributed by atoms with E-state index in [1.807, 2.05) is 30.3 Å². The number of benzene rings is 2. The molecule has 0 radical (unpaired) electrons. The molecule has 2 amide bonds. The van der Waals surface area contributed by atoms with Crippen LogP contribution in [0.3, 0.4) is 0 Å². The first-order chi connectivity index (χ1) is 10.6. The van der Waals surface area contributed by atoms with Crippen molar-refractivity contribution in [1.82, 2.24) is 0 Å². The quantitative estimate of drug-likeness (QED) is 0.883. The summed E-state index contributed by atoms with van der Waals surface area (Å²) >= 11 is 0. The summed E-state index contributed by atoms with van der Waals surface area (Å²) in [7, 11) is 0. The zero-order valence-corrected chi connectivity index (χ0v) is 11.7. The highest BCUT2D eigenvalue weighted by Gasteiger charge is 2.32. The molecule has 1 N–H and O–H groups in total. The van der Waals surface area contributed by atoms with Gasteiger partial charge in [-0.25, -0.2) is 9.69 Å². The first-order valence-electron chi connectivity index (χ1n) is 6.86. The van der Waals surface area contributed by atoms with Gasteiger partial charge in [-0.2, -0.15) is 0 Å². The summed E-state index contributed by atoms with van der Waals surface area (Å²) in [6, 6.07) is 13.7. The summed E-state index contributed by atoms with van der Waals surface area (Å²) in [6.07, 6.45) is 0.314. The lowest BCUT2D eigenvalue weighted by Crippen LogP contribution is -2.29. The van der Waals surface area contributed by atoms with E-state index in [0.717, 1.165) is 10.5 Å². The van der Waals surface area contributed by atoms with Gasteiger partial charge in [0.05, 0.1) is 11.3 Å². The van der Waals surface area contributed by atoms with Gasteiger partial charge in [-0.3, -0.25) is 9.59 Å². The summed E-state index contributed by atoms with van der Waals surface area (Å²) in [4.78, 5) is 36.3. The fourth-order valence-electron chi connectivity index (χ4n) is 2.56. The van der Waals surface area contributed by atoms with Crippen LogP contribution in [-0.2, 0) is 9.59 Å². The lowest BCUT2D eigenvalue weighted by Gasteiger charge is -2.19. The van der Waals surface area contributed by atoms with Gasteiger partial charge in [-0.15, -0.1) is 0 Å². The van der Waals surface area contributed by atoms with E-state index in [9.17, 15) is 14.4 Å². The molecule has 2 aromatic rings. The SMILES string of the molecule is O=C(O)c1ccc(-c2ccccc2)c(N2C(=O)CCC2=O)c1. The number of carboxylic acid groups (broad SMARTS) is 1. The van der Waals surface area contributed by atoms with Crippen LogP contribution in [-0.4, -0.2) is 22.9 Å². The molecule has 0 aliphatic carbocycles. The van der Waals surface area contributed by atoms with E-state index in [1.54, 1.807) is 6.07 Å². The molecular formula is C17H13NO4. The summed E-state index contributed by atoms with van der Waals surface area (Å²) < 4.78 is 0. The van der Waals surface area contributed by atoms with Crippen LogP contribution in [0.5, 0.6) is 0 Å². The van der Waals surface area contributed by atoms with E-state index in [0.29, 0.717) is 11.3 Å². The number of hydrogen-bond acceptors (Lipinski definition) is 3. The van der Waals surface area contributed by atoms with Crippen molar-refractivity contribution in [3.05, 3.63) is 54.1 Å². The van der Waals surface area contributed by atoms with Crippen LogP contribution >= 0.6 is 0 Å². The highest BCUT2D eigenvalue weighted by molar-refractivity contribution is 6.21. The second-order valence-electron chi connectivity index (χ2n) is 5.03. The Morgan fingerprint density at radius 3 is 2.18 bits per heavy atom. The molecule has 1 fully saturated rings. The third-order valence-electron chi connectivity index (χ3n) is 3.62. The monoisotopic (exact) mass is 295 g/mol. The second-order valence-corrected chi connectivity index (χ2v) is 5.03. The maximum absolute atomic E-state index is 12.0. The van der Waals surface area contributed by atoms with Crippen molar-refractivity contribution in [2.75, 3.05) is 4.90 Å². The molecule has 0 spiro atoms. The Bertz CT molecular complexity index is 751. The molecule has 1 heterocycles. The number of amides is 2. The standard InChI is InChI=1S/C17H13NO4/c19-15-8-9-16(20)18(15)14-10-12(17(21)22)6-7-13(14)11-4-2-1-3-5-11/h1-7,10H,8-9H2,(H,21,22). The average molecular weight is 295 g/mol. The molecule has 110 valence electrons. The summed E-state index contributed by atoms with van der Waals surface area (Å²) in [5.41, 5.74) is 1.86. The van der Waals surface area contributed by atoms with Crippen LogP contribution in [0, 0.1) is 0 Å². The fourth-order valence-corrected chi connectivity index (χ4v) is 2.56. The Balaban J connectivity index is 2.20. The fraction of sp³-hybridized carbons (Fsp3) is 0.118. The van der Waals surface area contributed by atoms with Crippen molar-refractivity contribution in [2.45, 2.75) is 12.8 Å². The van der Waals surface area contributed by atoms with Gasteiger partial charge < -0.3 is 5.11 Å². The number of aromatic carboxylic acids is 1. The van der Waals surface area contributed by atoms with Gasteiger partial charge in [0.15, 0.2) is 0 Å². The smallest absolute Gasteiger partial charge is 0.335 e. The van der Waals surface area contributed by atoms with Crippen LogP contribution in [0.2, 0.25) is 0 Å². The molecule has 1 saturated heterocycles. The maximum Gasteiger partial charge on any atom is 0.335 e. The summed E-state index contributed by atoms with van der Waals surface area (Å²) in [5.74, 6) is -1.70. The van der Waals surface area contributed by atoms with E-state index in [4.69, 9.17) is 5.11 Å². The topological polar surface area (TPSA) is 74.7 Å². The van der Waals surface area contributed by atoms with Gasteiger partial charge in [-0.05, 0) is 17.7 Å². The van der Waals surface area contributed by atoms with Gasteiger partial charge in [0.1, 0.15) is 0 Å². The number of hydrogen-bond donors (Lipinski definition) is 1. The van der Waals surface area contributed by atoms with Gasteiger partial charge in [0.25, 0.3) is 0 Å².